The second-order valence-electron chi connectivity index (χ2n) is 4.69. The van der Waals surface area contributed by atoms with Crippen molar-refractivity contribution in [1.82, 2.24) is 0 Å². The first-order valence-corrected chi connectivity index (χ1v) is 7.30. The minimum Gasteiger partial charge on any atom is -0.481 e. The molecule has 0 saturated carbocycles. The SMILES string of the molecule is NCCC(N)C(=O)O.NCCC(N)C(=O)O.O=C(O)CCCC(=O)O. The molecule has 2 atom stereocenters. The molecule has 0 fully saturated rings. The van der Waals surface area contributed by atoms with Gasteiger partial charge < -0.3 is 43.4 Å². The smallest absolute Gasteiger partial charge is 0.320 e. The van der Waals surface area contributed by atoms with E-state index in [0.29, 0.717) is 25.9 Å². The zero-order valence-electron chi connectivity index (χ0n) is 13.8. The number of aliphatic carboxylic acids is 4. The van der Waals surface area contributed by atoms with Crippen LogP contribution in [0.4, 0.5) is 0 Å². The number of hydrogen-bond donors (Lipinski definition) is 8. The van der Waals surface area contributed by atoms with Crippen molar-refractivity contribution in [2.45, 2.75) is 44.2 Å². The summed E-state index contributed by atoms with van der Waals surface area (Å²) in [4.78, 5) is 39.4. The summed E-state index contributed by atoms with van der Waals surface area (Å²) in [6, 6.07) is -1.58. The number of rotatable bonds is 10. The first-order chi connectivity index (χ1) is 11.5. The maximum Gasteiger partial charge on any atom is 0.320 e. The molecule has 0 spiro atoms. The van der Waals surface area contributed by atoms with Gasteiger partial charge in [-0.05, 0) is 32.4 Å². The summed E-state index contributed by atoms with van der Waals surface area (Å²) >= 11 is 0. The fourth-order valence-electron chi connectivity index (χ4n) is 0.997. The highest BCUT2D eigenvalue weighted by molar-refractivity contribution is 5.73. The molecule has 0 aromatic carbocycles. The molecule has 0 aliphatic heterocycles. The summed E-state index contributed by atoms with van der Waals surface area (Å²) in [5.41, 5.74) is 20.1. The predicted molar refractivity (Wildman–Crippen MR) is 87.7 cm³/mol. The summed E-state index contributed by atoms with van der Waals surface area (Å²) in [5.74, 6) is -3.88. The Morgan fingerprint density at radius 2 is 0.960 bits per heavy atom. The van der Waals surface area contributed by atoms with E-state index in [4.69, 9.17) is 43.4 Å². The third kappa shape index (κ3) is 26.9. The van der Waals surface area contributed by atoms with Gasteiger partial charge in [-0.15, -0.1) is 0 Å². The van der Waals surface area contributed by atoms with Gasteiger partial charge in [0, 0.05) is 12.8 Å². The molecule has 0 bridgehead atoms. The molecular formula is C13H28N4O8. The van der Waals surface area contributed by atoms with E-state index in [2.05, 4.69) is 0 Å². The Hall–Kier alpha value is -2.28. The molecular weight excluding hydrogens is 340 g/mol. The Labute approximate surface area is 144 Å². The zero-order chi connectivity index (χ0) is 20.4. The van der Waals surface area contributed by atoms with Crippen LogP contribution in [0.15, 0.2) is 0 Å². The van der Waals surface area contributed by atoms with E-state index < -0.39 is 36.0 Å². The first-order valence-electron chi connectivity index (χ1n) is 7.30. The third-order valence-electron chi connectivity index (χ3n) is 2.37. The highest BCUT2D eigenvalue weighted by Crippen LogP contribution is 1.93. The number of nitrogens with two attached hydrogens (primary N) is 4. The summed E-state index contributed by atoms with van der Waals surface area (Å²) < 4.78 is 0. The second kappa shape index (κ2) is 18.1. The van der Waals surface area contributed by atoms with E-state index >= 15 is 0 Å². The van der Waals surface area contributed by atoms with Crippen LogP contribution in [-0.4, -0.2) is 69.5 Å². The van der Waals surface area contributed by atoms with Gasteiger partial charge in [0.2, 0.25) is 0 Å². The minimum absolute atomic E-state index is 0.0632. The van der Waals surface area contributed by atoms with Crippen LogP contribution in [0.1, 0.15) is 32.1 Å². The molecule has 0 saturated heterocycles. The van der Waals surface area contributed by atoms with E-state index in [1.54, 1.807) is 0 Å². The van der Waals surface area contributed by atoms with Gasteiger partial charge in [0.25, 0.3) is 0 Å². The van der Waals surface area contributed by atoms with Crippen molar-refractivity contribution in [3.05, 3.63) is 0 Å². The molecule has 0 aliphatic carbocycles. The highest BCUT2D eigenvalue weighted by Gasteiger charge is 2.08. The zero-order valence-corrected chi connectivity index (χ0v) is 13.8. The van der Waals surface area contributed by atoms with Crippen molar-refractivity contribution in [1.29, 1.82) is 0 Å². The summed E-state index contributed by atoms with van der Waals surface area (Å²) in [6.45, 7) is 0.654. The monoisotopic (exact) mass is 368 g/mol. The molecule has 0 aliphatic rings. The maximum absolute atomic E-state index is 9.91. The molecule has 0 heterocycles. The van der Waals surface area contributed by atoms with Crippen molar-refractivity contribution in [2.75, 3.05) is 13.1 Å². The quantitative estimate of drug-likeness (QED) is 0.205. The molecule has 0 aromatic heterocycles. The molecule has 25 heavy (non-hydrogen) atoms. The average molecular weight is 368 g/mol. The van der Waals surface area contributed by atoms with Gasteiger partial charge in [0.1, 0.15) is 12.1 Å². The van der Waals surface area contributed by atoms with Crippen LogP contribution in [0.5, 0.6) is 0 Å². The van der Waals surface area contributed by atoms with E-state index in [0.717, 1.165) is 0 Å². The van der Waals surface area contributed by atoms with E-state index in [1.165, 1.54) is 0 Å². The van der Waals surface area contributed by atoms with Crippen molar-refractivity contribution in [3.63, 3.8) is 0 Å². The van der Waals surface area contributed by atoms with Gasteiger partial charge in [0.15, 0.2) is 0 Å². The number of carboxylic acids is 4. The molecule has 0 rings (SSSR count). The Morgan fingerprint density at radius 1 is 0.680 bits per heavy atom. The van der Waals surface area contributed by atoms with Crippen LogP contribution in [0, 0.1) is 0 Å². The minimum atomic E-state index is -0.990. The highest BCUT2D eigenvalue weighted by atomic mass is 16.4. The van der Waals surface area contributed by atoms with Crippen LogP contribution >= 0.6 is 0 Å². The third-order valence-corrected chi connectivity index (χ3v) is 2.37. The topological polar surface area (TPSA) is 253 Å². The fraction of sp³-hybridized carbons (Fsp3) is 0.692. The van der Waals surface area contributed by atoms with Gasteiger partial charge in [-0.25, -0.2) is 0 Å². The number of carbonyl (C=O) groups is 4. The van der Waals surface area contributed by atoms with Crippen molar-refractivity contribution >= 4 is 23.9 Å². The van der Waals surface area contributed by atoms with Crippen LogP contribution in [-0.2, 0) is 19.2 Å². The summed E-state index contributed by atoms with van der Waals surface area (Å²) in [6.07, 6.45) is 0.772. The van der Waals surface area contributed by atoms with Crippen molar-refractivity contribution in [3.8, 4) is 0 Å². The normalized spacial score (nSPS) is 11.7. The first kappa shape index (κ1) is 27.6. The lowest BCUT2D eigenvalue weighted by Gasteiger charge is -2.00. The Kier molecular flexibility index (Phi) is 19.9. The lowest BCUT2D eigenvalue weighted by atomic mass is 10.2. The Morgan fingerprint density at radius 3 is 1.08 bits per heavy atom. The lowest BCUT2D eigenvalue weighted by Crippen LogP contribution is -2.32. The molecule has 0 aromatic rings. The maximum atomic E-state index is 9.91. The largest absolute Gasteiger partial charge is 0.481 e. The fourth-order valence-corrected chi connectivity index (χ4v) is 0.997. The van der Waals surface area contributed by atoms with E-state index in [9.17, 15) is 19.2 Å². The van der Waals surface area contributed by atoms with E-state index in [-0.39, 0.29) is 19.3 Å². The number of hydrogen-bond acceptors (Lipinski definition) is 8. The lowest BCUT2D eigenvalue weighted by molar-refractivity contribution is -0.140. The molecule has 12 nitrogen and oxygen atoms in total. The molecule has 12 heteroatoms. The van der Waals surface area contributed by atoms with Crippen molar-refractivity contribution < 1.29 is 39.6 Å². The average Bonchev–Trinajstić information content (AvgIpc) is 2.48. The molecule has 0 amide bonds. The van der Waals surface area contributed by atoms with Gasteiger partial charge >= 0.3 is 23.9 Å². The van der Waals surface area contributed by atoms with Crippen molar-refractivity contribution in [2.24, 2.45) is 22.9 Å². The summed E-state index contributed by atoms with van der Waals surface area (Å²) in [5, 5.41) is 32.3. The molecule has 12 N–H and O–H groups in total. The Balaban J connectivity index is -0.000000291. The van der Waals surface area contributed by atoms with Crippen LogP contribution in [0.2, 0.25) is 0 Å². The Bertz CT molecular complexity index is 369. The van der Waals surface area contributed by atoms with Gasteiger partial charge in [-0.3, -0.25) is 19.2 Å². The second-order valence-corrected chi connectivity index (χ2v) is 4.69. The van der Waals surface area contributed by atoms with Gasteiger partial charge in [-0.2, -0.15) is 0 Å². The number of carboxylic acid groups (broad SMARTS) is 4. The molecule has 148 valence electrons. The van der Waals surface area contributed by atoms with Crippen LogP contribution < -0.4 is 22.9 Å². The predicted octanol–water partition coefficient (Wildman–Crippen LogP) is -2.18. The summed E-state index contributed by atoms with van der Waals surface area (Å²) in [7, 11) is 0. The standard InChI is InChI=1S/C5H8O4.2C4H10N2O2/c6-4(7)2-1-3-5(8)9;2*5-2-1-3(6)4(7)8/h1-3H2,(H,6,7)(H,8,9);2*3H,1-2,5-6H2,(H,7,8). The van der Waals surface area contributed by atoms with E-state index in [1.807, 2.05) is 0 Å². The van der Waals surface area contributed by atoms with Gasteiger partial charge in [-0.1, -0.05) is 0 Å². The van der Waals surface area contributed by atoms with Crippen LogP contribution in [0.25, 0.3) is 0 Å². The molecule has 0 radical (unpaired) electrons. The van der Waals surface area contributed by atoms with Crippen LogP contribution in [0.3, 0.4) is 0 Å². The van der Waals surface area contributed by atoms with Gasteiger partial charge in [0.05, 0.1) is 0 Å². The molecule has 2 unspecified atom stereocenters.